The van der Waals surface area contributed by atoms with Gasteiger partial charge < -0.3 is 10.6 Å². The summed E-state index contributed by atoms with van der Waals surface area (Å²) < 4.78 is 1.88. The van der Waals surface area contributed by atoms with Crippen LogP contribution in [0.2, 0.25) is 0 Å². The minimum absolute atomic E-state index is 0. The second kappa shape index (κ2) is 11.1. The third kappa shape index (κ3) is 5.69. The van der Waals surface area contributed by atoms with E-state index in [1.54, 1.807) is 6.20 Å². The van der Waals surface area contributed by atoms with E-state index in [-0.39, 0.29) is 36.8 Å². The number of aromatic nitrogens is 3. The number of rotatable bonds is 7. The van der Waals surface area contributed by atoms with Crippen LogP contribution in [0, 0.1) is 6.92 Å². The van der Waals surface area contributed by atoms with Gasteiger partial charge in [-0.15, -0.1) is 24.8 Å². The summed E-state index contributed by atoms with van der Waals surface area (Å²) in [4.78, 5) is 19.8. The minimum Gasteiger partial charge on any atom is -0.334 e. The molecule has 0 unspecified atom stereocenters. The first-order valence-corrected chi connectivity index (χ1v) is 9.39. The van der Waals surface area contributed by atoms with Crippen molar-refractivity contribution in [2.75, 3.05) is 13.1 Å². The molecule has 0 bridgehead atoms. The first kappa shape index (κ1) is 24.9. The van der Waals surface area contributed by atoms with Crippen LogP contribution >= 0.6 is 24.8 Å². The average molecular weight is 438 g/mol. The van der Waals surface area contributed by atoms with Crippen LogP contribution in [-0.4, -0.2) is 38.7 Å². The van der Waals surface area contributed by atoms with Crippen LogP contribution in [0.4, 0.5) is 0 Å². The van der Waals surface area contributed by atoms with Gasteiger partial charge >= 0.3 is 0 Å². The Labute approximate surface area is 184 Å². The van der Waals surface area contributed by atoms with Crippen LogP contribution in [0.5, 0.6) is 0 Å². The number of nitrogens with two attached hydrogens (primary N) is 1. The van der Waals surface area contributed by atoms with Crippen LogP contribution in [-0.2, 0) is 6.54 Å². The molecule has 2 heterocycles. The van der Waals surface area contributed by atoms with E-state index in [9.17, 15) is 4.79 Å². The predicted octanol–water partition coefficient (Wildman–Crippen LogP) is 4.16. The summed E-state index contributed by atoms with van der Waals surface area (Å²) in [5, 5.41) is 5.30. The highest BCUT2D eigenvalue weighted by Crippen LogP contribution is 2.21. The third-order valence-electron chi connectivity index (χ3n) is 4.61. The maximum absolute atomic E-state index is 13.3. The lowest BCUT2D eigenvalue weighted by molar-refractivity contribution is 0.0741. The Kier molecular flexibility index (Phi) is 9.56. The second-order valence-corrected chi connectivity index (χ2v) is 7.07. The largest absolute Gasteiger partial charge is 0.334 e. The van der Waals surface area contributed by atoms with Gasteiger partial charge in [0.15, 0.2) is 5.65 Å². The molecule has 0 saturated carbocycles. The summed E-state index contributed by atoms with van der Waals surface area (Å²) in [6.45, 7) is 7.74. The molecule has 29 heavy (non-hydrogen) atoms. The van der Waals surface area contributed by atoms with Crippen LogP contribution in [0.1, 0.15) is 47.9 Å². The fraction of sp³-hybridized carbons (Fsp3) is 0.381. The molecule has 0 aliphatic carbocycles. The van der Waals surface area contributed by atoms with E-state index in [1.807, 2.05) is 52.9 Å². The van der Waals surface area contributed by atoms with Crippen molar-refractivity contribution in [2.24, 2.45) is 5.73 Å². The van der Waals surface area contributed by atoms with Gasteiger partial charge in [-0.3, -0.25) is 4.79 Å². The van der Waals surface area contributed by atoms with Crippen molar-refractivity contribution in [1.82, 2.24) is 19.7 Å². The highest BCUT2D eigenvalue weighted by molar-refractivity contribution is 5.98. The molecule has 3 rings (SSSR count). The molecule has 0 saturated heterocycles. The normalized spacial score (nSPS) is 10.5. The lowest BCUT2D eigenvalue weighted by Crippen LogP contribution is -2.33. The number of carbonyl (C=O) groups excluding carboxylic acids is 1. The van der Waals surface area contributed by atoms with Crippen molar-refractivity contribution in [3.05, 3.63) is 59.4 Å². The number of hydrogen-bond acceptors (Lipinski definition) is 4. The number of aryl methyl sites for hydroxylation is 1. The van der Waals surface area contributed by atoms with Gasteiger partial charge in [0, 0.05) is 24.5 Å². The van der Waals surface area contributed by atoms with E-state index >= 15 is 0 Å². The molecule has 6 nitrogen and oxygen atoms in total. The fourth-order valence-electron chi connectivity index (χ4n) is 3.17. The zero-order valence-electron chi connectivity index (χ0n) is 17.0. The molecule has 0 radical (unpaired) electrons. The Hall–Kier alpha value is -2.15. The monoisotopic (exact) mass is 437 g/mol. The predicted molar refractivity (Wildman–Crippen MR) is 122 cm³/mol. The molecule has 0 spiro atoms. The zero-order valence-corrected chi connectivity index (χ0v) is 18.7. The summed E-state index contributed by atoms with van der Waals surface area (Å²) in [6.07, 6.45) is 2.54. The lowest BCUT2D eigenvalue weighted by Gasteiger charge is -2.23. The topological polar surface area (TPSA) is 77.0 Å². The van der Waals surface area contributed by atoms with E-state index in [1.165, 1.54) is 0 Å². The number of benzene rings is 1. The Balaban J connectivity index is 0.00000210. The maximum Gasteiger partial charge on any atom is 0.256 e. The Morgan fingerprint density at radius 1 is 1.21 bits per heavy atom. The summed E-state index contributed by atoms with van der Waals surface area (Å²) in [5.74, 6) is -0.0171. The van der Waals surface area contributed by atoms with E-state index in [2.05, 4.69) is 23.9 Å². The molecule has 0 atom stereocenters. The highest BCUT2D eigenvalue weighted by Gasteiger charge is 2.20. The van der Waals surface area contributed by atoms with Crippen molar-refractivity contribution < 1.29 is 4.79 Å². The second-order valence-electron chi connectivity index (χ2n) is 7.07. The Bertz CT molecular complexity index is 927. The van der Waals surface area contributed by atoms with Gasteiger partial charge in [0.2, 0.25) is 0 Å². The number of halogens is 2. The molecule has 1 aromatic carbocycles. The standard InChI is InChI=1S/C21H27N5O.2ClH/c1-15(2)26-20-18(13-23-26)12-19(16(3)24-20)21(27)25(11-7-10-22)14-17-8-5-4-6-9-17;;/h4-6,8-9,12-13,15H,7,10-11,14,22H2,1-3H3;2*1H. The van der Waals surface area contributed by atoms with Gasteiger partial charge in [0.25, 0.3) is 5.91 Å². The van der Waals surface area contributed by atoms with E-state index in [0.29, 0.717) is 25.2 Å². The first-order valence-electron chi connectivity index (χ1n) is 9.39. The molecule has 0 aliphatic heterocycles. The molecule has 0 aliphatic rings. The molecular formula is C21H29Cl2N5O. The molecule has 0 fully saturated rings. The number of amides is 1. The minimum atomic E-state index is -0.0171. The molecule has 2 N–H and O–H groups in total. The van der Waals surface area contributed by atoms with Crippen molar-refractivity contribution in [3.8, 4) is 0 Å². The van der Waals surface area contributed by atoms with Gasteiger partial charge in [-0.05, 0) is 45.4 Å². The van der Waals surface area contributed by atoms with Crippen molar-refractivity contribution in [2.45, 2.75) is 39.8 Å². The van der Waals surface area contributed by atoms with Crippen molar-refractivity contribution >= 4 is 41.8 Å². The van der Waals surface area contributed by atoms with Crippen LogP contribution in [0.3, 0.4) is 0 Å². The van der Waals surface area contributed by atoms with Gasteiger partial charge in [0.1, 0.15) is 0 Å². The van der Waals surface area contributed by atoms with Crippen LogP contribution in [0.15, 0.2) is 42.6 Å². The van der Waals surface area contributed by atoms with Gasteiger partial charge in [-0.25, -0.2) is 9.67 Å². The SMILES string of the molecule is Cc1nc2c(cnn2C(C)C)cc1C(=O)N(CCCN)Cc1ccccc1.Cl.Cl. The number of fused-ring (bicyclic) bond motifs is 1. The smallest absolute Gasteiger partial charge is 0.256 e. The molecule has 158 valence electrons. The molecule has 8 heteroatoms. The van der Waals surface area contributed by atoms with E-state index < -0.39 is 0 Å². The Morgan fingerprint density at radius 3 is 2.52 bits per heavy atom. The number of hydrogen-bond donors (Lipinski definition) is 1. The first-order chi connectivity index (χ1) is 13.0. The molecular weight excluding hydrogens is 409 g/mol. The highest BCUT2D eigenvalue weighted by atomic mass is 35.5. The number of nitrogens with zero attached hydrogens (tertiary/aromatic N) is 4. The molecule has 2 aromatic heterocycles. The van der Waals surface area contributed by atoms with Gasteiger partial charge in [0.05, 0.1) is 17.5 Å². The number of carbonyl (C=O) groups is 1. The van der Waals surface area contributed by atoms with E-state index in [4.69, 9.17) is 5.73 Å². The summed E-state index contributed by atoms with van der Waals surface area (Å²) in [5.41, 5.74) is 8.94. The summed E-state index contributed by atoms with van der Waals surface area (Å²) in [7, 11) is 0. The third-order valence-corrected chi connectivity index (χ3v) is 4.61. The Morgan fingerprint density at radius 2 is 1.90 bits per heavy atom. The number of pyridine rings is 1. The van der Waals surface area contributed by atoms with Crippen LogP contribution in [0.25, 0.3) is 11.0 Å². The van der Waals surface area contributed by atoms with Gasteiger partial charge in [-0.1, -0.05) is 30.3 Å². The lowest BCUT2D eigenvalue weighted by atomic mass is 10.1. The fourth-order valence-corrected chi connectivity index (χ4v) is 3.17. The maximum atomic E-state index is 13.3. The molecule has 3 aromatic rings. The zero-order chi connectivity index (χ0) is 19.4. The van der Waals surface area contributed by atoms with Crippen LogP contribution < -0.4 is 5.73 Å². The average Bonchev–Trinajstić information content (AvgIpc) is 3.07. The van der Waals surface area contributed by atoms with Crippen molar-refractivity contribution in [3.63, 3.8) is 0 Å². The summed E-state index contributed by atoms with van der Waals surface area (Å²) in [6, 6.07) is 12.1. The van der Waals surface area contributed by atoms with Crippen molar-refractivity contribution in [1.29, 1.82) is 0 Å². The quantitative estimate of drug-likeness (QED) is 0.601. The molecule has 1 amide bonds. The van der Waals surface area contributed by atoms with Gasteiger partial charge in [-0.2, -0.15) is 5.10 Å². The summed E-state index contributed by atoms with van der Waals surface area (Å²) >= 11 is 0. The van der Waals surface area contributed by atoms with E-state index in [0.717, 1.165) is 28.7 Å².